The van der Waals surface area contributed by atoms with Gasteiger partial charge in [0.2, 0.25) is 5.91 Å². The van der Waals surface area contributed by atoms with Gasteiger partial charge in [0, 0.05) is 12.7 Å². The number of nitrogens with zero attached hydrogens (tertiary/aromatic N) is 3. The Morgan fingerprint density at radius 2 is 2.05 bits per heavy atom. The maximum absolute atomic E-state index is 13.0. The third-order valence-corrected chi connectivity index (χ3v) is 3.35. The highest BCUT2D eigenvalue weighted by atomic mass is 19.1. The molecule has 0 saturated carbocycles. The molecule has 1 atom stereocenters. The van der Waals surface area contributed by atoms with Crippen LogP contribution in [0.15, 0.2) is 36.7 Å². The molecule has 1 heterocycles. The van der Waals surface area contributed by atoms with Crippen LogP contribution in [-0.4, -0.2) is 41.2 Å². The maximum atomic E-state index is 13.0. The normalized spacial score (nSPS) is 12.4. The van der Waals surface area contributed by atoms with Crippen LogP contribution in [0.2, 0.25) is 0 Å². The number of aryl methyl sites for hydroxylation is 1. The van der Waals surface area contributed by atoms with Crippen molar-refractivity contribution in [3.8, 4) is 0 Å². The van der Waals surface area contributed by atoms with E-state index in [4.69, 9.17) is 0 Å². The Kier molecular flexibility index (Phi) is 5.27. The second kappa shape index (κ2) is 7.17. The van der Waals surface area contributed by atoms with E-state index in [1.807, 2.05) is 27.2 Å². The molecule has 0 aliphatic heterocycles. The molecule has 2 rings (SSSR count). The molecule has 0 spiro atoms. The first kappa shape index (κ1) is 16.2. The van der Waals surface area contributed by atoms with Crippen molar-refractivity contribution in [2.75, 3.05) is 20.6 Å². The molecule has 1 aromatic heterocycles. The summed E-state index contributed by atoms with van der Waals surface area (Å²) in [6.07, 6.45) is 3.71. The minimum atomic E-state index is -0.444. The van der Waals surface area contributed by atoms with Gasteiger partial charge in [0.25, 0.3) is 0 Å². The third kappa shape index (κ3) is 4.14. The van der Waals surface area contributed by atoms with Gasteiger partial charge in [-0.1, -0.05) is 12.1 Å². The molecule has 6 heteroatoms. The molecule has 0 aliphatic rings. The van der Waals surface area contributed by atoms with E-state index in [-0.39, 0.29) is 11.7 Å². The summed E-state index contributed by atoms with van der Waals surface area (Å²) < 4.78 is 14.8. The number of halogens is 1. The van der Waals surface area contributed by atoms with Gasteiger partial charge in [0.1, 0.15) is 11.9 Å². The lowest BCUT2D eigenvalue weighted by atomic mass is 10.1. The lowest BCUT2D eigenvalue weighted by molar-refractivity contribution is -0.125. The predicted molar refractivity (Wildman–Crippen MR) is 82.8 cm³/mol. The van der Waals surface area contributed by atoms with E-state index < -0.39 is 6.04 Å². The standard InChI is InChI=1S/C16H21FN4O/c1-12-10-19-21(11-12)9-8-18-16(22)15(20(2)3)13-4-6-14(17)7-5-13/h4-7,10-11,15H,8-9H2,1-3H3,(H,18,22)/t15-/m1/s1. The van der Waals surface area contributed by atoms with E-state index in [0.29, 0.717) is 13.1 Å². The first-order chi connectivity index (χ1) is 10.5. The Hall–Kier alpha value is -2.21. The molecule has 1 aromatic carbocycles. The molecule has 118 valence electrons. The summed E-state index contributed by atoms with van der Waals surface area (Å²) in [6, 6.07) is 5.56. The molecular formula is C16H21FN4O. The van der Waals surface area contributed by atoms with Crippen LogP contribution in [0.5, 0.6) is 0 Å². The van der Waals surface area contributed by atoms with Crippen LogP contribution in [0.25, 0.3) is 0 Å². The Labute approximate surface area is 129 Å². The molecule has 2 aromatic rings. The fraction of sp³-hybridized carbons (Fsp3) is 0.375. The molecule has 5 nitrogen and oxygen atoms in total. The monoisotopic (exact) mass is 304 g/mol. The number of hydrogen-bond acceptors (Lipinski definition) is 3. The number of hydrogen-bond donors (Lipinski definition) is 1. The zero-order chi connectivity index (χ0) is 16.1. The number of rotatable bonds is 6. The minimum absolute atomic E-state index is 0.111. The van der Waals surface area contributed by atoms with Gasteiger partial charge in [-0.2, -0.15) is 5.10 Å². The highest BCUT2D eigenvalue weighted by Gasteiger charge is 2.22. The van der Waals surface area contributed by atoms with Crippen LogP contribution < -0.4 is 5.32 Å². The maximum Gasteiger partial charge on any atom is 0.242 e. The summed E-state index contributed by atoms with van der Waals surface area (Å²) in [7, 11) is 3.65. The van der Waals surface area contributed by atoms with Crippen LogP contribution in [0.1, 0.15) is 17.2 Å². The summed E-state index contributed by atoms with van der Waals surface area (Å²) >= 11 is 0. The Morgan fingerprint density at radius 1 is 1.36 bits per heavy atom. The molecule has 0 unspecified atom stereocenters. The van der Waals surface area contributed by atoms with Crippen molar-refractivity contribution in [1.82, 2.24) is 20.0 Å². The second-order valence-corrected chi connectivity index (χ2v) is 5.49. The average molecular weight is 304 g/mol. The lowest BCUT2D eigenvalue weighted by Crippen LogP contribution is -2.38. The minimum Gasteiger partial charge on any atom is -0.353 e. The Morgan fingerprint density at radius 3 is 2.59 bits per heavy atom. The zero-order valence-electron chi connectivity index (χ0n) is 13.1. The summed E-state index contributed by atoms with van der Waals surface area (Å²) in [5, 5.41) is 7.07. The Bertz CT molecular complexity index is 621. The number of benzene rings is 1. The van der Waals surface area contributed by atoms with Crippen molar-refractivity contribution in [2.45, 2.75) is 19.5 Å². The molecule has 0 saturated heterocycles. The molecule has 0 radical (unpaired) electrons. The fourth-order valence-electron chi connectivity index (χ4n) is 2.31. The van der Waals surface area contributed by atoms with E-state index >= 15 is 0 Å². The molecule has 1 amide bonds. The fourth-order valence-corrected chi connectivity index (χ4v) is 2.31. The van der Waals surface area contributed by atoms with Crippen molar-refractivity contribution in [2.24, 2.45) is 0 Å². The van der Waals surface area contributed by atoms with Gasteiger partial charge in [-0.05, 0) is 44.3 Å². The highest BCUT2D eigenvalue weighted by molar-refractivity contribution is 5.83. The zero-order valence-corrected chi connectivity index (χ0v) is 13.1. The SMILES string of the molecule is Cc1cnn(CCNC(=O)[C@@H](c2ccc(F)cc2)N(C)C)c1. The van der Waals surface area contributed by atoms with Crippen molar-refractivity contribution in [1.29, 1.82) is 0 Å². The van der Waals surface area contributed by atoms with Crippen molar-refractivity contribution in [3.05, 3.63) is 53.6 Å². The quantitative estimate of drug-likeness (QED) is 0.884. The summed E-state index contributed by atoms with van der Waals surface area (Å²) in [4.78, 5) is 14.2. The number of aromatic nitrogens is 2. The van der Waals surface area contributed by atoms with Gasteiger partial charge < -0.3 is 5.32 Å². The Balaban J connectivity index is 1.96. The van der Waals surface area contributed by atoms with Crippen molar-refractivity contribution >= 4 is 5.91 Å². The van der Waals surface area contributed by atoms with Gasteiger partial charge >= 0.3 is 0 Å². The van der Waals surface area contributed by atoms with Gasteiger partial charge in [-0.3, -0.25) is 14.4 Å². The molecule has 0 fully saturated rings. The van der Waals surface area contributed by atoms with E-state index in [9.17, 15) is 9.18 Å². The van der Waals surface area contributed by atoms with E-state index in [1.54, 1.807) is 27.9 Å². The molecule has 0 aliphatic carbocycles. The van der Waals surface area contributed by atoms with Crippen molar-refractivity contribution < 1.29 is 9.18 Å². The third-order valence-electron chi connectivity index (χ3n) is 3.35. The number of carbonyl (C=O) groups excluding carboxylic acids is 1. The predicted octanol–water partition coefficient (Wildman–Crippen LogP) is 1.75. The largest absolute Gasteiger partial charge is 0.353 e. The van der Waals surface area contributed by atoms with E-state index in [1.165, 1.54) is 12.1 Å². The van der Waals surface area contributed by atoms with Crippen molar-refractivity contribution in [3.63, 3.8) is 0 Å². The number of amides is 1. The highest BCUT2D eigenvalue weighted by Crippen LogP contribution is 2.18. The lowest BCUT2D eigenvalue weighted by Gasteiger charge is -2.23. The number of likely N-dealkylation sites (N-methyl/N-ethyl adjacent to an activating group) is 1. The van der Waals surface area contributed by atoms with Crippen LogP contribution in [-0.2, 0) is 11.3 Å². The molecular weight excluding hydrogens is 283 g/mol. The van der Waals surface area contributed by atoms with Gasteiger partial charge in [0.05, 0.1) is 12.7 Å². The van der Waals surface area contributed by atoms with Crippen LogP contribution in [0.3, 0.4) is 0 Å². The molecule has 22 heavy (non-hydrogen) atoms. The first-order valence-corrected chi connectivity index (χ1v) is 7.16. The second-order valence-electron chi connectivity index (χ2n) is 5.49. The van der Waals surface area contributed by atoms with Crippen LogP contribution >= 0.6 is 0 Å². The van der Waals surface area contributed by atoms with Crippen LogP contribution in [0, 0.1) is 12.7 Å². The molecule has 0 bridgehead atoms. The summed E-state index contributed by atoms with van der Waals surface area (Å²) in [5.74, 6) is -0.420. The average Bonchev–Trinajstić information content (AvgIpc) is 2.86. The summed E-state index contributed by atoms with van der Waals surface area (Å²) in [6.45, 7) is 3.08. The first-order valence-electron chi connectivity index (χ1n) is 7.16. The van der Waals surface area contributed by atoms with E-state index in [0.717, 1.165) is 11.1 Å². The summed E-state index contributed by atoms with van der Waals surface area (Å²) in [5.41, 5.74) is 1.85. The topological polar surface area (TPSA) is 50.2 Å². The van der Waals surface area contributed by atoms with Gasteiger partial charge in [-0.25, -0.2) is 4.39 Å². The van der Waals surface area contributed by atoms with Gasteiger partial charge in [0.15, 0.2) is 0 Å². The smallest absolute Gasteiger partial charge is 0.242 e. The molecule has 1 N–H and O–H groups in total. The van der Waals surface area contributed by atoms with Gasteiger partial charge in [-0.15, -0.1) is 0 Å². The van der Waals surface area contributed by atoms with E-state index in [2.05, 4.69) is 10.4 Å². The number of nitrogens with one attached hydrogen (secondary N) is 1. The van der Waals surface area contributed by atoms with Crippen LogP contribution in [0.4, 0.5) is 4.39 Å². The number of carbonyl (C=O) groups is 1.